The molecule has 1 aliphatic rings. The highest BCUT2D eigenvalue weighted by Gasteiger charge is 2.20. The summed E-state index contributed by atoms with van der Waals surface area (Å²) in [4.78, 5) is 10.8. The smallest absolute Gasteiger partial charge is 0.316 e. The molecule has 3 unspecified atom stereocenters. The van der Waals surface area contributed by atoms with Crippen LogP contribution in [0, 0.1) is 0 Å². The summed E-state index contributed by atoms with van der Waals surface area (Å²) < 4.78 is 5.56. The Balaban J connectivity index is 1.91. The molecular formula is C15H23N3O2. The van der Waals surface area contributed by atoms with E-state index in [-0.39, 0.29) is 6.04 Å². The van der Waals surface area contributed by atoms with Gasteiger partial charge in [-0.1, -0.05) is 12.1 Å². The molecule has 20 heavy (non-hydrogen) atoms. The van der Waals surface area contributed by atoms with E-state index < -0.39 is 6.03 Å². The van der Waals surface area contributed by atoms with Crippen LogP contribution in [0.25, 0.3) is 0 Å². The van der Waals surface area contributed by atoms with Gasteiger partial charge in [-0.2, -0.15) is 0 Å². The quantitative estimate of drug-likeness (QED) is 0.791. The second-order valence-electron chi connectivity index (χ2n) is 5.40. The number of carbonyl (C=O) groups excluding carboxylic acids is 1. The predicted molar refractivity (Wildman–Crippen MR) is 79.6 cm³/mol. The number of nitrogens with one attached hydrogen (secondary N) is 2. The highest BCUT2D eigenvalue weighted by molar-refractivity contribution is 5.87. The molecule has 1 saturated heterocycles. The van der Waals surface area contributed by atoms with Crippen molar-refractivity contribution in [3.05, 3.63) is 29.8 Å². The van der Waals surface area contributed by atoms with Crippen LogP contribution < -0.4 is 16.4 Å². The fourth-order valence-electron chi connectivity index (χ4n) is 2.60. The van der Waals surface area contributed by atoms with Crippen molar-refractivity contribution in [3.8, 4) is 0 Å². The first-order valence-electron chi connectivity index (χ1n) is 7.08. The summed E-state index contributed by atoms with van der Waals surface area (Å²) in [6, 6.07) is 7.97. The summed E-state index contributed by atoms with van der Waals surface area (Å²) >= 11 is 0. The molecular weight excluding hydrogens is 254 g/mol. The Hall–Kier alpha value is -1.59. The number of rotatable bonds is 4. The first-order valence-corrected chi connectivity index (χ1v) is 7.08. The Morgan fingerprint density at radius 2 is 2.10 bits per heavy atom. The van der Waals surface area contributed by atoms with Crippen LogP contribution in [-0.4, -0.2) is 24.8 Å². The first-order chi connectivity index (χ1) is 9.54. The van der Waals surface area contributed by atoms with Crippen molar-refractivity contribution in [3.63, 3.8) is 0 Å². The maximum absolute atomic E-state index is 10.8. The molecule has 1 aromatic rings. The number of carbonyl (C=O) groups is 1. The molecule has 110 valence electrons. The number of nitrogens with two attached hydrogens (primary N) is 1. The second-order valence-corrected chi connectivity index (χ2v) is 5.40. The molecule has 5 nitrogen and oxygen atoms in total. The zero-order valence-electron chi connectivity index (χ0n) is 12.1. The fourth-order valence-corrected chi connectivity index (χ4v) is 2.60. The molecule has 5 heteroatoms. The zero-order valence-corrected chi connectivity index (χ0v) is 12.1. The van der Waals surface area contributed by atoms with Gasteiger partial charge >= 0.3 is 6.03 Å². The van der Waals surface area contributed by atoms with Crippen molar-refractivity contribution in [2.45, 2.75) is 44.9 Å². The molecule has 1 aromatic carbocycles. The maximum atomic E-state index is 10.8. The van der Waals surface area contributed by atoms with Crippen LogP contribution in [-0.2, 0) is 4.74 Å². The lowest BCUT2D eigenvalue weighted by Gasteiger charge is -2.30. The topological polar surface area (TPSA) is 76.4 Å². The second kappa shape index (κ2) is 6.72. The van der Waals surface area contributed by atoms with E-state index in [0.29, 0.717) is 17.8 Å². The van der Waals surface area contributed by atoms with Crippen LogP contribution in [0.2, 0.25) is 0 Å². The van der Waals surface area contributed by atoms with Crippen LogP contribution in [0.1, 0.15) is 38.3 Å². The summed E-state index contributed by atoms with van der Waals surface area (Å²) in [6.07, 6.45) is 2.43. The molecule has 1 fully saturated rings. The minimum atomic E-state index is -0.542. The third kappa shape index (κ3) is 4.21. The predicted octanol–water partition coefficient (Wildman–Crippen LogP) is 2.40. The summed E-state index contributed by atoms with van der Waals surface area (Å²) in [6.45, 7) is 5.09. The van der Waals surface area contributed by atoms with Gasteiger partial charge in [0, 0.05) is 24.4 Å². The molecule has 1 heterocycles. The van der Waals surface area contributed by atoms with Gasteiger partial charge in [0.15, 0.2) is 0 Å². The van der Waals surface area contributed by atoms with Crippen molar-refractivity contribution in [1.29, 1.82) is 0 Å². The van der Waals surface area contributed by atoms with E-state index in [4.69, 9.17) is 10.5 Å². The Morgan fingerprint density at radius 1 is 1.40 bits per heavy atom. The highest BCUT2D eigenvalue weighted by atomic mass is 16.5. The summed E-state index contributed by atoms with van der Waals surface area (Å²) in [7, 11) is 0. The van der Waals surface area contributed by atoms with Gasteiger partial charge in [-0.15, -0.1) is 0 Å². The van der Waals surface area contributed by atoms with Crippen molar-refractivity contribution in [2.75, 3.05) is 11.9 Å². The van der Waals surface area contributed by atoms with Crippen LogP contribution in [0.4, 0.5) is 10.5 Å². The summed E-state index contributed by atoms with van der Waals surface area (Å²) in [5.74, 6) is 0. The normalized spacial score (nSPS) is 24.1. The molecule has 0 aliphatic carbocycles. The van der Waals surface area contributed by atoms with E-state index in [1.807, 2.05) is 24.3 Å². The van der Waals surface area contributed by atoms with Crippen LogP contribution in [0.3, 0.4) is 0 Å². The number of hydrogen-bond donors (Lipinski definition) is 3. The molecule has 1 aliphatic heterocycles. The lowest BCUT2D eigenvalue weighted by molar-refractivity contribution is 0.0116. The number of anilines is 1. The monoisotopic (exact) mass is 277 g/mol. The Morgan fingerprint density at radius 3 is 2.70 bits per heavy atom. The van der Waals surface area contributed by atoms with E-state index >= 15 is 0 Å². The average molecular weight is 277 g/mol. The Kier molecular flexibility index (Phi) is 4.98. The lowest BCUT2D eigenvalue weighted by atomic mass is 10.0. The molecule has 3 atom stereocenters. The molecule has 0 radical (unpaired) electrons. The number of hydrogen-bond acceptors (Lipinski definition) is 3. The first kappa shape index (κ1) is 14.8. The maximum Gasteiger partial charge on any atom is 0.316 e. The van der Waals surface area contributed by atoms with Crippen LogP contribution >= 0.6 is 0 Å². The van der Waals surface area contributed by atoms with Gasteiger partial charge in [0.05, 0.1) is 6.10 Å². The van der Waals surface area contributed by atoms with Gasteiger partial charge in [-0.3, -0.25) is 0 Å². The van der Waals surface area contributed by atoms with E-state index in [9.17, 15) is 4.79 Å². The van der Waals surface area contributed by atoms with Gasteiger partial charge in [-0.05, 0) is 44.4 Å². The summed E-state index contributed by atoms with van der Waals surface area (Å²) in [5, 5.41) is 6.19. The zero-order chi connectivity index (χ0) is 14.5. The third-order valence-electron chi connectivity index (χ3n) is 3.65. The lowest BCUT2D eigenvalue weighted by Crippen LogP contribution is -2.39. The minimum Gasteiger partial charge on any atom is -0.378 e. The van der Waals surface area contributed by atoms with E-state index in [1.165, 1.54) is 5.56 Å². The molecule has 2 amide bonds. The van der Waals surface area contributed by atoms with E-state index in [0.717, 1.165) is 19.4 Å². The highest BCUT2D eigenvalue weighted by Crippen LogP contribution is 2.20. The van der Waals surface area contributed by atoms with Gasteiger partial charge in [-0.25, -0.2) is 4.79 Å². The number of benzene rings is 1. The SMILES string of the molecule is CC1CC(NC(C)c2ccc(NC(N)=O)cc2)CCO1. The molecule has 0 spiro atoms. The van der Waals surface area contributed by atoms with Gasteiger partial charge in [0.1, 0.15) is 0 Å². The molecule has 2 rings (SSSR count). The summed E-state index contributed by atoms with van der Waals surface area (Å²) in [5.41, 5.74) is 6.99. The molecule has 4 N–H and O–H groups in total. The van der Waals surface area contributed by atoms with Crippen LogP contribution in [0.5, 0.6) is 0 Å². The largest absolute Gasteiger partial charge is 0.378 e. The third-order valence-corrected chi connectivity index (χ3v) is 3.65. The van der Waals surface area contributed by atoms with Gasteiger partial charge < -0.3 is 21.1 Å². The molecule has 0 saturated carbocycles. The van der Waals surface area contributed by atoms with Crippen molar-refractivity contribution in [2.24, 2.45) is 5.73 Å². The number of ether oxygens (including phenoxy) is 1. The average Bonchev–Trinajstić information content (AvgIpc) is 2.38. The van der Waals surface area contributed by atoms with Crippen molar-refractivity contribution < 1.29 is 9.53 Å². The number of amides is 2. The minimum absolute atomic E-state index is 0.271. The Bertz CT molecular complexity index is 447. The molecule has 0 bridgehead atoms. The Labute approximate surface area is 119 Å². The van der Waals surface area contributed by atoms with Crippen molar-refractivity contribution >= 4 is 11.7 Å². The standard InChI is InChI=1S/C15H23N3O2/c1-10-9-14(7-8-20-10)17-11(2)12-3-5-13(6-4-12)18-15(16)19/h3-6,10-11,14,17H,7-9H2,1-2H3,(H3,16,18,19). The van der Waals surface area contributed by atoms with Gasteiger partial charge in [0.2, 0.25) is 0 Å². The van der Waals surface area contributed by atoms with Crippen molar-refractivity contribution in [1.82, 2.24) is 5.32 Å². The van der Waals surface area contributed by atoms with Crippen LogP contribution in [0.15, 0.2) is 24.3 Å². The number of urea groups is 1. The number of primary amides is 1. The van der Waals surface area contributed by atoms with Gasteiger partial charge in [0.25, 0.3) is 0 Å². The fraction of sp³-hybridized carbons (Fsp3) is 0.533. The van der Waals surface area contributed by atoms with E-state index in [1.54, 1.807) is 0 Å². The molecule has 0 aromatic heterocycles. The van der Waals surface area contributed by atoms with E-state index in [2.05, 4.69) is 24.5 Å².